The number of nitrogens with one attached hydrogen (secondary N) is 1. The van der Waals surface area contributed by atoms with Crippen molar-refractivity contribution < 1.29 is 9.47 Å². The van der Waals surface area contributed by atoms with Crippen molar-refractivity contribution in [2.75, 3.05) is 34.4 Å². The molecule has 1 aromatic carbocycles. The van der Waals surface area contributed by atoms with Gasteiger partial charge in [0.15, 0.2) is 11.5 Å². The lowest BCUT2D eigenvalue weighted by molar-refractivity contribution is 0.237. The van der Waals surface area contributed by atoms with Crippen LogP contribution in [0.1, 0.15) is 18.9 Å². The molecule has 1 N–H and O–H groups in total. The Balaban J connectivity index is 2.47. The molecule has 0 aromatic heterocycles. The van der Waals surface area contributed by atoms with Crippen LogP contribution in [0.4, 0.5) is 0 Å². The minimum atomic E-state index is 0.775. The molecule has 0 fully saturated rings. The van der Waals surface area contributed by atoms with Crippen LogP contribution in [0.25, 0.3) is 0 Å². The Morgan fingerprint density at radius 3 is 2.50 bits per heavy atom. The topological polar surface area (TPSA) is 33.7 Å². The summed E-state index contributed by atoms with van der Waals surface area (Å²) in [6.07, 6.45) is 2.12. The van der Waals surface area contributed by atoms with Crippen LogP contribution in [0, 0.1) is 0 Å². The molecule has 0 aliphatic carbocycles. The van der Waals surface area contributed by atoms with Crippen molar-refractivity contribution in [2.45, 2.75) is 19.8 Å². The first kappa shape index (κ1) is 14.8. The van der Waals surface area contributed by atoms with E-state index in [1.54, 1.807) is 14.2 Å². The lowest BCUT2D eigenvalue weighted by atomic mass is 10.1. The van der Waals surface area contributed by atoms with E-state index in [4.69, 9.17) is 9.47 Å². The Morgan fingerprint density at radius 2 is 1.89 bits per heavy atom. The fraction of sp³-hybridized carbons (Fsp3) is 0.571. The summed E-state index contributed by atoms with van der Waals surface area (Å²) in [6.45, 7) is 4.16. The van der Waals surface area contributed by atoms with Crippen molar-refractivity contribution in [1.82, 2.24) is 10.4 Å². The third kappa shape index (κ3) is 4.55. The van der Waals surface area contributed by atoms with E-state index in [1.165, 1.54) is 5.56 Å². The maximum absolute atomic E-state index is 5.29. The highest BCUT2D eigenvalue weighted by molar-refractivity contribution is 5.42. The molecule has 4 nitrogen and oxygen atoms in total. The predicted molar refractivity (Wildman–Crippen MR) is 74.2 cm³/mol. The number of hydrogen-bond acceptors (Lipinski definition) is 4. The summed E-state index contributed by atoms with van der Waals surface area (Å²) >= 11 is 0. The number of ether oxygens (including phenoxy) is 2. The lowest BCUT2D eigenvalue weighted by Gasteiger charge is -2.17. The third-order valence-electron chi connectivity index (χ3n) is 2.80. The highest BCUT2D eigenvalue weighted by Gasteiger charge is 2.04. The van der Waals surface area contributed by atoms with Gasteiger partial charge in [0.25, 0.3) is 0 Å². The second-order valence-corrected chi connectivity index (χ2v) is 4.27. The van der Waals surface area contributed by atoms with Crippen molar-refractivity contribution in [3.63, 3.8) is 0 Å². The average Bonchev–Trinajstić information content (AvgIpc) is 2.38. The minimum Gasteiger partial charge on any atom is -0.493 e. The van der Waals surface area contributed by atoms with Gasteiger partial charge in [-0.05, 0) is 30.5 Å². The second-order valence-electron chi connectivity index (χ2n) is 4.27. The first-order valence-corrected chi connectivity index (χ1v) is 6.36. The van der Waals surface area contributed by atoms with Gasteiger partial charge in [0.1, 0.15) is 0 Å². The number of methoxy groups -OCH3 is 2. The third-order valence-corrected chi connectivity index (χ3v) is 2.80. The molecule has 0 unspecified atom stereocenters. The smallest absolute Gasteiger partial charge is 0.160 e. The number of rotatable bonds is 8. The molecule has 0 saturated carbocycles. The quantitative estimate of drug-likeness (QED) is 0.718. The fourth-order valence-corrected chi connectivity index (χ4v) is 1.84. The van der Waals surface area contributed by atoms with Gasteiger partial charge in [0.05, 0.1) is 14.2 Å². The number of benzene rings is 1. The summed E-state index contributed by atoms with van der Waals surface area (Å²) in [5.74, 6) is 1.56. The van der Waals surface area contributed by atoms with Crippen LogP contribution < -0.4 is 14.9 Å². The van der Waals surface area contributed by atoms with E-state index in [2.05, 4.69) is 30.5 Å². The van der Waals surface area contributed by atoms with Gasteiger partial charge in [0.2, 0.25) is 0 Å². The lowest BCUT2D eigenvalue weighted by Crippen LogP contribution is -2.36. The Hall–Kier alpha value is -1.26. The molecule has 0 heterocycles. The molecule has 1 rings (SSSR count). The summed E-state index contributed by atoms with van der Waals surface area (Å²) in [5, 5.41) is 2.13. The molecule has 4 heteroatoms. The van der Waals surface area contributed by atoms with Crippen molar-refractivity contribution in [3.05, 3.63) is 23.8 Å². The van der Waals surface area contributed by atoms with Crippen molar-refractivity contribution in [3.8, 4) is 11.5 Å². The van der Waals surface area contributed by atoms with Crippen LogP contribution in [-0.2, 0) is 6.42 Å². The van der Waals surface area contributed by atoms with Gasteiger partial charge in [0, 0.05) is 20.1 Å². The largest absolute Gasteiger partial charge is 0.493 e. The Bertz CT molecular complexity index is 356. The molecule has 102 valence electrons. The molecular formula is C14H24N2O2. The molecule has 18 heavy (non-hydrogen) atoms. The van der Waals surface area contributed by atoms with Gasteiger partial charge in [-0.3, -0.25) is 5.43 Å². The molecule has 0 spiro atoms. The summed E-state index contributed by atoms with van der Waals surface area (Å²) in [6, 6.07) is 6.05. The van der Waals surface area contributed by atoms with Gasteiger partial charge < -0.3 is 9.47 Å². The fourth-order valence-electron chi connectivity index (χ4n) is 1.84. The van der Waals surface area contributed by atoms with Crippen molar-refractivity contribution in [2.24, 2.45) is 0 Å². The standard InChI is InChI=1S/C14H24N2O2/c1-5-10-16(2)15-9-8-12-6-7-13(17-3)14(11-12)18-4/h6-7,11,15H,5,8-10H2,1-4H3. The van der Waals surface area contributed by atoms with Gasteiger partial charge in [-0.1, -0.05) is 13.0 Å². The van der Waals surface area contributed by atoms with Crippen molar-refractivity contribution >= 4 is 0 Å². The summed E-state index contributed by atoms with van der Waals surface area (Å²) in [4.78, 5) is 0. The average molecular weight is 252 g/mol. The van der Waals surface area contributed by atoms with Crippen LogP contribution in [0.15, 0.2) is 18.2 Å². The van der Waals surface area contributed by atoms with E-state index in [1.807, 2.05) is 12.1 Å². The predicted octanol–water partition coefficient (Wildman–Crippen LogP) is 2.09. The Kier molecular flexibility index (Phi) is 6.54. The maximum Gasteiger partial charge on any atom is 0.160 e. The van der Waals surface area contributed by atoms with E-state index in [-0.39, 0.29) is 0 Å². The molecule has 0 aliphatic rings. The van der Waals surface area contributed by atoms with E-state index in [0.29, 0.717) is 0 Å². The molecular weight excluding hydrogens is 228 g/mol. The summed E-state index contributed by atoms with van der Waals surface area (Å²) < 4.78 is 10.5. The molecule has 1 aromatic rings. The summed E-state index contributed by atoms with van der Waals surface area (Å²) in [7, 11) is 5.38. The Labute approximate surface area is 110 Å². The highest BCUT2D eigenvalue weighted by Crippen LogP contribution is 2.27. The van der Waals surface area contributed by atoms with Crippen LogP contribution in [-0.4, -0.2) is 39.4 Å². The first-order chi connectivity index (χ1) is 8.71. The maximum atomic E-state index is 5.29. The minimum absolute atomic E-state index is 0.775. The van der Waals surface area contributed by atoms with Crippen LogP contribution in [0.3, 0.4) is 0 Å². The van der Waals surface area contributed by atoms with E-state index in [0.717, 1.165) is 37.4 Å². The van der Waals surface area contributed by atoms with Gasteiger partial charge in [-0.15, -0.1) is 0 Å². The van der Waals surface area contributed by atoms with Gasteiger partial charge in [-0.2, -0.15) is 0 Å². The normalized spacial score (nSPS) is 10.7. The molecule has 0 saturated heterocycles. The van der Waals surface area contributed by atoms with Crippen molar-refractivity contribution in [1.29, 1.82) is 0 Å². The zero-order valence-electron chi connectivity index (χ0n) is 11.8. The Morgan fingerprint density at radius 1 is 1.17 bits per heavy atom. The second kappa shape index (κ2) is 7.95. The molecule has 0 amide bonds. The van der Waals surface area contributed by atoms with E-state index >= 15 is 0 Å². The molecule has 0 aliphatic heterocycles. The molecule has 0 atom stereocenters. The first-order valence-electron chi connectivity index (χ1n) is 6.36. The molecule has 0 bridgehead atoms. The monoisotopic (exact) mass is 252 g/mol. The number of hydrazine groups is 1. The zero-order chi connectivity index (χ0) is 13.4. The SMILES string of the molecule is CCCN(C)NCCc1ccc(OC)c(OC)c1. The number of nitrogens with zero attached hydrogens (tertiary/aromatic N) is 1. The summed E-state index contributed by atoms with van der Waals surface area (Å²) in [5.41, 5.74) is 4.60. The van der Waals surface area contributed by atoms with Gasteiger partial charge >= 0.3 is 0 Å². The van der Waals surface area contributed by atoms with Gasteiger partial charge in [-0.25, -0.2) is 5.01 Å². The van der Waals surface area contributed by atoms with E-state index < -0.39 is 0 Å². The van der Waals surface area contributed by atoms with Crippen LogP contribution in [0.2, 0.25) is 0 Å². The zero-order valence-corrected chi connectivity index (χ0v) is 11.8. The van der Waals surface area contributed by atoms with Crippen LogP contribution >= 0.6 is 0 Å². The molecule has 0 radical (unpaired) electrons. The highest BCUT2D eigenvalue weighted by atomic mass is 16.5. The van der Waals surface area contributed by atoms with E-state index in [9.17, 15) is 0 Å². The number of hydrogen-bond donors (Lipinski definition) is 1. The van der Waals surface area contributed by atoms with Crippen LogP contribution in [0.5, 0.6) is 11.5 Å².